The molecular weight excluding hydrogens is 1730 g/mol. The van der Waals surface area contributed by atoms with Gasteiger partial charge in [-0.1, -0.05) is 384 Å². The van der Waals surface area contributed by atoms with Gasteiger partial charge in [0.2, 0.25) is 0 Å². The lowest BCUT2D eigenvalue weighted by Gasteiger charge is -2.21. The van der Waals surface area contributed by atoms with Crippen molar-refractivity contribution in [1.29, 1.82) is 10.5 Å². The summed E-state index contributed by atoms with van der Waals surface area (Å²) >= 11 is 1.83. The molecule has 0 radical (unpaired) electrons. The molecule has 4 heterocycles. The molecule has 0 bridgehead atoms. The van der Waals surface area contributed by atoms with E-state index in [0.29, 0.717) is 34.4 Å². The normalized spacial score (nSPS) is 12.2. The third-order valence-corrected chi connectivity index (χ3v) is 30.3. The van der Waals surface area contributed by atoms with Gasteiger partial charge in [0.1, 0.15) is 0 Å². The predicted octanol–water partition coefficient (Wildman–Crippen LogP) is 34.6. The number of aromatic nitrogens is 6. The van der Waals surface area contributed by atoms with Crippen LogP contribution < -0.4 is 0 Å². The molecule has 0 fully saturated rings. The zero-order chi connectivity index (χ0) is 93.7. The number of thiophene rings is 1. The number of nitriles is 2. The standard InChI is InChI=1S/C67H40N4.C65H40N4S/c68-41-42-22-24-44(25-23-42)47-16-11-17-48(36-47)53-32-34-59-55-20-9-10-21-56(55)60-35-33-54(65(53)66(59)60)49-28-30-57-58-31-29-51(39-64(58)71(63(57)38-49)52-18-5-2-6-19-52)62-40-61(69-67(70-62)45-13-3-1-4-14-45)50-27-26-43-12-7-8-15-46(43)37-50;1-65(2)54-19-9-8-16-51(54)58-53(18-10-20-55(58)65)64-68-62(41-12-4-3-5-13-41)67-63(69-64)42-28-26-40(27-29-42)44-32-33-48-45-14-6-7-15-46(45)49-34-35-50(60(44)61(48)49)47-17-11-21-56-59(47)52-31-30-43(36-57(52)70-56)39-24-22-38(37-66)23-25-39/h1-40H;3-36H,1-2H3. The van der Waals surface area contributed by atoms with E-state index in [9.17, 15) is 10.5 Å². The molecule has 4 aromatic heterocycles. The summed E-state index contributed by atoms with van der Waals surface area (Å²) in [4.78, 5) is 26.1. The van der Waals surface area contributed by atoms with Gasteiger partial charge in [-0.2, -0.15) is 10.5 Å². The van der Waals surface area contributed by atoms with Crippen molar-refractivity contribution >= 4 is 85.6 Å². The molecule has 3 aliphatic rings. The molecule has 0 saturated heterocycles. The van der Waals surface area contributed by atoms with Gasteiger partial charge in [0.15, 0.2) is 23.3 Å². The van der Waals surface area contributed by atoms with Crippen molar-refractivity contribution in [2.24, 2.45) is 0 Å². The van der Waals surface area contributed by atoms with E-state index < -0.39 is 0 Å². The van der Waals surface area contributed by atoms with E-state index in [1.165, 1.54) is 158 Å². The van der Waals surface area contributed by atoms with Crippen LogP contribution in [0, 0.1) is 22.7 Å². The highest BCUT2D eigenvalue weighted by atomic mass is 32.1. The van der Waals surface area contributed by atoms with Crippen LogP contribution in [-0.4, -0.2) is 29.5 Å². The summed E-state index contributed by atoms with van der Waals surface area (Å²) in [6, 6.07) is 165. The molecule has 0 atom stereocenters. The summed E-state index contributed by atoms with van der Waals surface area (Å²) in [6.07, 6.45) is 0. The predicted molar refractivity (Wildman–Crippen MR) is 583 cm³/mol. The number of hydrogen-bond acceptors (Lipinski definition) is 8. The van der Waals surface area contributed by atoms with Gasteiger partial charge in [0, 0.05) is 75.4 Å². The Morgan fingerprint density at radius 1 is 0.227 bits per heavy atom. The molecule has 0 spiro atoms. The highest BCUT2D eigenvalue weighted by molar-refractivity contribution is 7.26. The van der Waals surface area contributed by atoms with E-state index >= 15 is 0 Å². The van der Waals surface area contributed by atoms with Gasteiger partial charge < -0.3 is 4.57 Å². The van der Waals surface area contributed by atoms with Gasteiger partial charge in [-0.15, -0.1) is 11.3 Å². The Kier molecular flexibility index (Phi) is 19.1. The Morgan fingerprint density at radius 2 is 0.603 bits per heavy atom. The van der Waals surface area contributed by atoms with Crippen LogP contribution in [0.3, 0.4) is 0 Å². The number of para-hydroxylation sites is 1. The number of hydrogen-bond donors (Lipinski definition) is 0. The minimum Gasteiger partial charge on any atom is -0.309 e. The quantitative estimate of drug-likeness (QED) is 0.113. The van der Waals surface area contributed by atoms with Crippen molar-refractivity contribution in [3.63, 3.8) is 0 Å². The summed E-state index contributed by atoms with van der Waals surface area (Å²) in [5, 5.41) is 31.2. The molecule has 3 aliphatic carbocycles. The fraction of sp³-hybridized carbons (Fsp3) is 0.0227. The second kappa shape index (κ2) is 32.9. The van der Waals surface area contributed by atoms with E-state index in [1.807, 2.05) is 96.3 Å². The van der Waals surface area contributed by atoms with Gasteiger partial charge in [-0.3, -0.25) is 0 Å². The third-order valence-electron chi connectivity index (χ3n) is 29.2. The first kappa shape index (κ1) is 82.0. The van der Waals surface area contributed by atoms with Gasteiger partial charge >= 0.3 is 0 Å². The fourth-order valence-corrected chi connectivity index (χ4v) is 23.6. The molecule has 21 aromatic carbocycles. The average Bonchev–Trinajstić information content (AvgIpc) is 1.57. The van der Waals surface area contributed by atoms with E-state index in [4.69, 9.17) is 24.9 Å². The highest BCUT2D eigenvalue weighted by Gasteiger charge is 2.38. The largest absolute Gasteiger partial charge is 0.309 e. The minimum atomic E-state index is -0.150. The van der Waals surface area contributed by atoms with Crippen LogP contribution in [0.25, 0.3) is 270 Å². The van der Waals surface area contributed by atoms with Crippen LogP contribution in [0.4, 0.5) is 0 Å². The molecule has 141 heavy (non-hydrogen) atoms. The monoisotopic (exact) mass is 1810 g/mol. The smallest absolute Gasteiger partial charge is 0.164 e. The SMILES string of the molecule is CC1(C)c2ccccc2-c2c(-c3nc(-c4ccccc4)nc(-c4ccc(-c5ccc6c7c(ccc(-c8cccc9sc%10cc(-c%11ccc(C#N)cc%11)ccc%10c89)c57)-c5ccccc5-6)cc4)n3)cccc21.N#Cc1ccc(-c2cccc(-c3ccc4c5c(ccc(-c6ccc7c8ccc(-c9cc(-c%10ccc%11ccccc%11c%10)nc(-c%10ccccc%10)n9)cc8n(-c8ccccc8)c7c6)c35)-c3ccccc3-4)c2)cc1. The van der Waals surface area contributed by atoms with Crippen molar-refractivity contribution in [2.75, 3.05) is 0 Å². The topological polar surface area (TPSA) is 117 Å². The van der Waals surface area contributed by atoms with Crippen molar-refractivity contribution in [3.05, 3.63) is 471 Å². The minimum absolute atomic E-state index is 0.150. The molecule has 28 rings (SSSR count). The Bertz CT molecular complexity index is 9580. The number of fused-ring (bicyclic) bond motifs is 16. The maximum absolute atomic E-state index is 9.50. The van der Waals surface area contributed by atoms with E-state index in [0.717, 1.165) is 100 Å². The van der Waals surface area contributed by atoms with Crippen LogP contribution in [0.15, 0.2) is 449 Å². The highest BCUT2D eigenvalue weighted by Crippen LogP contribution is 2.58. The molecule has 9 heteroatoms. The van der Waals surface area contributed by atoms with Gasteiger partial charge in [0.05, 0.1) is 45.7 Å². The molecule has 0 N–H and O–H groups in total. The van der Waals surface area contributed by atoms with Gasteiger partial charge in [0.25, 0.3) is 0 Å². The maximum Gasteiger partial charge on any atom is 0.164 e. The maximum atomic E-state index is 9.50. The molecular formula is C132H80N8S. The van der Waals surface area contributed by atoms with Crippen LogP contribution in [-0.2, 0) is 5.41 Å². The number of nitrogens with zero attached hydrogens (tertiary/aromatic N) is 8. The van der Waals surface area contributed by atoms with Crippen molar-refractivity contribution < 1.29 is 0 Å². The first-order chi connectivity index (χ1) is 69.5. The average molecular weight is 1810 g/mol. The summed E-state index contributed by atoms with van der Waals surface area (Å²) < 4.78 is 4.90. The molecule has 0 aliphatic heterocycles. The molecule has 8 nitrogen and oxygen atoms in total. The van der Waals surface area contributed by atoms with E-state index in [1.54, 1.807) is 0 Å². The lowest BCUT2D eigenvalue weighted by molar-refractivity contribution is 0.660. The second-order valence-corrected chi connectivity index (χ2v) is 38.4. The Morgan fingerprint density at radius 3 is 1.21 bits per heavy atom. The Hall–Kier alpha value is -18.5. The van der Waals surface area contributed by atoms with Gasteiger partial charge in [-0.05, 0) is 245 Å². The summed E-state index contributed by atoms with van der Waals surface area (Å²) in [5.41, 5.74) is 41.1. The molecule has 654 valence electrons. The number of benzene rings is 21. The fourth-order valence-electron chi connectivity index (χ4n) is 22.4. The van der Waals surface area contributed by atoms with Crippen molar-refractivity contribution in [2.45, 2.75) is 19.3 Å². The first-order valence-electron chi connectivity index (χ1n) is 47.7. The lowest BCUT2D eigenvalue weighted by Crippen LogP contribution is -2.14. The Balaban J connectivity index is 0.000000141. The van der Waals surface area contributed by atoms with E-state index in [2.05, 4.69) is 395 Å². The Labute approximate surface area is 818 Å². The third kappa shape index (κ3) is 13.6. The second-order valence-electron chi connectivity index (χ2n) is 37.4. The van der Waals surface area contributed by atoms with Crippen LogP contribution >= 0.6 is 11.3 Å². The molecule has 0 amide bonds. The zero-order valence-corrected chi connectivity index (χ0v) is 77.5. The van der Waals surface area contributed by atoms with Crippen LogP contribution in [0.2, 0.25) is 0 Å². The first-order valence-corrected chi connectivity index (χ1v) is 48.6. The van der Waals surface area contributed by atoms with Crippen molar-refractivity contribution in [1.82, 2.24) is 29.5 Å². The lowest BCUT2D eigenvalue weighted by atomic mass is 9.82. The summed E-state index contributed by atoms with van der Waals surface area (Å²) in [7, 11) is 0. The van der Waals surface area contributed by atoms with E-state index in [-0.39, 0.29) is 5.41 Å². The van der Waals surface area contributed by atoms with Crippen molar-refractivity contribution in [3.8, 4) is 208 Å². The molecule has 0 unspecified atom stereocenters. The van der Waals surface area contributed by atoms with Gasteiger partial charge in [-0.25, -0.2) is 24.9 Å². The summed E-state index contributed by atoms with van der Waals surface area (Å²) in [5.74, 6) is 2.63. The zero-order valence-electron chi connectivity index (χ0n) is 76.7. The molecule has 0 saturated carbocycles. The number of rotatable bonds is 13. The molecule has 25 aromatic rings. The summed E-state index contributed by atoms with van der Waals surface area (Å²) in [6.45, 7) is 4.61. The van der Waals surface area contributed by atoms with Crippen LogP contribution in [0.1, 0.15) is 36.1 Å². The van der Waals surface area contributed by atoms with Crippen LogP contribution in [0.5, 0.6) is 0 Å².